The number of hydrogen-bond donors (Lipinski definition) is 7. The highest BCUT2D eigenvalue weighted by Gasteiger charge is 2.25. The van der Waals surface area contributed by atoms with E-state index in [1.54, 1.807) is 7.05 Å². The minimum absolute atomic E-state index is 0.150. The van der Waals surface area contributed by atoms with Gasteiger partial charge in [0.15, 0.2) is 0 Å². The number of carbonyl (C=O) groups excluding carboxylic acids is 2. The summed E-state index contributed by atoms with van der Waals surface area (Å²) in [6, 6.07) is -3.96. The van der Waals surface area contributed by atoms with Crippen LogP contribution in [0.1, 0.15) is 25.7 Å². The highest BCUT2D eigenvalue weighted by atomic mass is 16.4. The summed E-state index contributed by atoms with van der Waals surface area (Å²) in [5.74, 6) is -4.46. The predicted octanol–water partition coefficient (Wildman–Crippen LogP) is -1.83. The first-order valence-electron chi connectivity index (χ1n) is 7.83. The fourth-order valence-electron chi connectivity index (χ4n) is 1.83. The molecule has 2 atom stereocenters. The average Bonchev–Trinajstić information content (AvgIpc) is 2.54. The molecule has 26 heavy (non-hydrogen) atoms. The number of carboxylic acids is 3. The Morgan fingerprint density at radius 3 is 1.73 bits per heavy atom. The first kappa shape index (κ1) is 23.1. The Balaban J connectivity index is 4.51. The monoisotopic (exact) mass is 376 g/mol. The van der Waals surface area contributed by atoms with Crippen molar-refractivity contribution in [2.45, 2.75) is 37.8 Å². The number of hydrogen-bond acceptors (Lipinski definition) is 6. The lowest BCUT2D eigenvalue weighted by molar-refractivity contribution is -0.141. The molecular weight excluding hydrogens is 352 g/mol. The second kappa shape index (κ2) is 12.5. The van der Waals surface area contributed by atoms with E-state index in [1.807, 2.05) is 5.32 Å². The maximum absolute atomic E-state index is 11.8. The summed E-state index contributed by atoms with van der Waals surface area (Å²) in [4.78, 5) is 56.0. The van der Waals surface area contributed by atoms with Crippen LogP contribution in [0.2, 0.25) is 0 Å². The number of likely N-dealkylation sites (N-methyl/N-ethyl adjacent to an activating group) is 1. The first-order chi connectivity index (χ1) is 12.2. The van der Waals surface area contributed by atoms with E-state index >= 15 is 0 Å². The minimum atomic E-state index is -1.48. The van der Waals surface area contributed by atoms with Crippen LogP contribution in [0.3, 0.4) is 0 Å². The third-order valence-corrected chi connectivity index (χ3v) is 3.21. The van der Waals surface area contributed by atoms with Gasteiger partial charge in [-0.25, -0.2) is 14.4 Å². The topological polar surface area (TPSA) is 194 Å². The lowest BCUT2D eigenvalue weighted by Crippen LogP contribution is -2.51. The van der Waals surface area contributed by atoms with Crippen molar-refractivity contribution < 1.29 is 39.3 Å². The highest BCUT2D eigenvalue weighted by molar-refractivity contribution is 5.86. The molecule has 0 rings (SSSR count). The Labute approximate surface area is 149 Å². The van der Waals surface area contributed by atoms with Crippen molar-refractivity contribution in [3.05, 3.63) is 0 Å². The number of aliphatic carboxylic acids is 3. The molecule has 148 valence electrons. The Hall–Kier alpha value is -2.89. The van der Waals surface area contributed by atoms with Gasteiger partial charge in [0.25, 0.3) is 0 Å². The average molecular weight is 376 g/mol. The van der Waals surface area contributed by atoms with E-state index < -0.39 is 48.4 Å². The zero-order valence-electron chi connectivity index (χ0n) is 14.3. The zero-order valence-corrected chi connectivity index (χ0v) is 14.3. The maximum Gasteiger partial charge on any atom is 0.326 e. The van der Waals surface area contributed by atoms with Gasteiger partial charge in [-0.05, 0) is 19.9 Å². The van der Waals surface area contributed by atoms with Gasteiger partial charge in [0.05, 0.1) is 0 Å². The maximum atomic E-state index is 11.8. The summed E-state index contributed by atoms with van der Waals surface area (Å²) in [5.41, 5.74) is 0. The zero-order chi connectivity index (χ0) is 20.1. The predicted molar refractivity (Wildman–Crippen MR) is 87.6 cm³/mol. The van der Waals surface area contributed by atoms with Crippen LogP contribution in [0, 0.1) is 0 Å². The molecule has 0 aliphatic rings. The number of carbonyl (C=O) groups is 5. The summed E-state index contributed by atoms with van der Waals surface area (Å²) in [7, 11) is 1.70. The van der Waals surface area contributed by atoms with Crippen molar-refractivity contribution in [1.29, 1.82) is 0 Å². The van der Waals surface area contributed by atoms with Gasteiger partial charge in [-0.15, -0.1) is 0 Å². The molecule has 12 nitrogen and oxygen atoms in total. The summed E-state index contributed by atoms with van der Waals surface area (Å²) < 4.78 is 0. The van der Waals surface area contributed by atoms with Crippen LogP contribution in [0.25, 0.3) is 0 Å². The van der Waals surface area contributed by atoms with Crippen LogP contribution in [0.15, 0.2) is 0 Å². The molecule has 0 aromatic heterocycles. The molecule has 0 heterocycles. The molecule has 0 spiro atoms. The molecule has 2 unspecified atom stereocenters. The van der Waals surface area contributed by atoms with Crippen molar-refractivity contribution in [2.24, 2.45) is 0 Å². The molecule has 0 fully saturated rings. The van der Waals surface area contributed by atoms with E-state index in [1.165, 1.54) is 0 Å². The third-order valence-electron chi connectivity index (χ3n) is 3.21. The van der Waals surface area contributed by atoms with Crippen LogP contribution in [0.4, 0.5) is 4.79 Å². The Morgan fingerprint density at radius 1 is 0.808 bits per heavy atom. The quantitative estimate of drug-likeness (QED) is 0.181. The second-order valence-corrected chi connectivity index (χ2v) is 5.32. The Morgan fingerprint density at radius 2 is 1.31 bits per heavy atom. The number of carboxylic acid groups (broad SMARTS) is 3. The minimum Gasteiger partial charge on any atom is -0.481 e. The molecule has 0 aromatic carbocycles. The Kier molecular flexibility index (Phi) is 11.1. The van der Waals surface area contributed by atoms with Crippen molar-refractivity contribution in [2.75, 3.05) is 20.1 Å². The lowest BCUT2D eigenvalue weighted by atomic mass is 10.1. The van der Waals surface area contributed by atoms with Crippen LogP contribution in [0.5, 0.6) is 0 Å². The molecule has 0 bridgehead atoms. The number of amides is 3. The normalized spacial score (nSPS) is 12.5. The van der Waals surface area contributed by atoms with Crippen LogP contribution in [-0.4, -0.2) is 77.4 Å². The molecule has 7 N–H and O–H groups in total. The van der Waals surface area contributed by atoms with Crippen molar-refractivity contribution in [1.82, 2.24) is 21.3 Å². The van der Waals surface area contributed by atoms with Gasteiger partial charge in [0.1, 0.15) is 12.1 Å². The second-order valence-electron chi connectivity index (χ2n) is 5.32. The summed E-state index contributed by atoms with van der Waals surface area (Å²) in [6.07, 6.45) is -1.18. The molecule has 12 heteroatoms. The molecule has 0 aliphatic heterocycles. The van der Waals surface area contributed by atoms with Crippen molar-refractivity contribution in [3.8, 4) is 0 Å². The van der Waals surface area contributed by atoms with E-state index in [0.29, 0.717) is 13.1 Å². The molecule has 0 radical (unpaired) electrons. The van der Waals surface area contributed by atoms with E-state index in [2.05, 4.69) is 16.0 Å². The number of rotatable bonds is 13. The molecule has 0 aliphatic carbocycles. The summed E-state index contributed by atoms with van der Waals surface area (Å²) in [5, 5.41) is 36.0. The van der Waals surface area contributed by atoms with Gasteiger partial charge in [-0.3, -0.25) is 9.59 Å². The SMILES string of the molecule is CNCCNC(=O)CCC(NC(=O)NC(CCC(=O)O)C(=O)O)C(=O)O. The molecule has 3 amide bonds. The fraction of sp³-hybridized carbons (Fsp3) is 0.643. The highest BCUT2D eigenvalue weighted by Crippen LogP contribution is 2.01. The van der Waals surface area contributed by atoms with Gasteiger partial charge >= 0.3 is 23.9 Å². The number of nitrogens with one attached hydrogen (secondary N) is 4. The summed E-state index contributed by atoms with van der Waals surface area (Å²) >= 11 is 0. The fourth-order valence-corrected chi connectivity index (χ4v) is 1.83. The van der Waals surface area contributed by atoms with E-state index in [4.69, 9.17) is 15.3 Å². The third kappa shape index (κ3) is 10.8. The van der Waals surface area contributed by atoms with Crippen LogP contribution >= 0.6 is 0 Å². The largest absolute Gasteiger partial charge is 0.481 e. The summed E-state index contributed by atoms with van der Waals surface area (Å²) in [6.45, 7) is 0.909. The van der Waals surface area contributed by atoms with Crippen LogP contribution in [-0.2, 0) is 19.2 Å². The number of urea groups is 1. The van der Waals surface area contributed by atoms with Gasteiger partial charge in [-0.2, -0.15) is 0 Å². The van der Waals surface area contributed by atoms with Gasteiger partial charge in [0, 0.05) is 25.9 Å². The first-order valence-corrected chi connectivity index (χ1v) is 7.83. The van der Waals surface area contributed by atoms with Gasteiger partial charge in [-0.1, -0.05) is 0 Å². The van der Waals surface area contributed by atoms with E-state index in [-0.39, 0.29) is 19.3 Å². The molecule has 0 aromatic rings. The smallest absolute Gasteiger partial charge is 0.326 e. The van der Waals surface area contributed by atoms with Crippen molar-refractivity contribution >= 4 is 29.8 Å². The standard InChI is InChI=1S/C14H24N4O8/c1-15-6-7-16-10(19)4-2-8(12(22)23)17-14(26)18-9(13(24)25)3-5-11(20)21/h8-9,15H,2-7H2,1H3,(H,16,19)(H,20,21)(H,22,23)(H,24,25)(H2,17,18,26). The van der Waals surface area contributed by atoms with Crippen molar-refractivity contribution in [3.63, 3.8) is 0 Å². The van der Waals surface area contributed by atoms with E-state index in [9.17, 15) is 24.0 Å². The lowest BCUT2D eigenvalue weighted by Gasteiger charge is -2.18. The van der Waals surface area contributed by atoms with Gasteiger partial charge < -0.3 is 36.6 Å². The molecule has 0 saturated carbocycles. The van der Waals surface area contributed by atoms with Gasteiger partial charge in [0.2, 0.25) is 5.91 Å². The molecule has 0 saturated heterocycles. The van der Waals surface area contributed by atoms with Crippen LogP contribution < -0.4 is 21.3 Å². The Bertz CT molecular complexity index is 525. The molecular formula is C14H24N4O8. The van der Waals surface area contributed by atoms with E-state index in [0.717, 1.165) is 0 Å².